The number of anilines is 1. The van der Waals surface area contributed by atoms with Crippen LogP contribution in [0.15, 0.2) is 114 Å². The molecule has 0 N–H and O–H groups in total. The topological polar surface area (TPSA) is 49.7 Å². The van der Waals surface area contributed by atoms with Gasteiger partial charge in [0.05, 0.1) is 28.6 Å². The van der Waals surface area contributed by atoms with Crippen molar-refractivity contribution in [2.24, 2.45) is 16.8 Å². The zero-order valence-corrected chi connectivity index (χ0v) is 18.9. The number of carbonyl (C=O) groups is 2. The second-order valence-corrected chi connectivity index (χ2v) is 9.47. The molecule has 8 rings (SSSR count). The molecule has 2 amide bonds. The summed E-state index contributed by atoms with van der Waals surface area (Å²) in [5.41, 5.74) is 4.98. The molecule has 4 aromatic rings. The fourth-order valence-electron chi connectivity index (χ4n) is 6.57. The third-order valence-electron chi connectivity index (χ3n) is 7.87. The van der Waals surface area contributed by atoms with Gasteiger partial charge in [0.1, 0.15) is 0 Å². The first kappa shape index (κ1) is 20.1. The summed E-state index contributed by atoms with van der Waals surface area (Å²) in [6, 6.07) is 35.6. The Labute approximate surface area is 203 Å². The Balaban J connectivity index is 1.53. The quantitative estimate of drug-likeness (QED) is 0.297. The van der Waals surface area contributed by atoms with Crippen molar-refractivity contribution in [1.29, 1.82) is 0 Å². The maximum Gasteiger partial charge on any atom is 0.239 e. The van der Waals surface area contributed by atoms with Crippen molar-refractivity contribution in [1.82, 2.24) is 0 Å². The van der Waals surface area contributed by atoms with E-state index in [1.807, 2.05) is 91.1 Å². The molecule has 0 saturated carbocycles. The molecule has 4 aromatic carbocycles. The number of benzene rings is 4. The standard InChI is InChI=1S/C31H22N2O2/c34-29-27-26-22-15-7-9-17-24(22)31(25-18-10-8-16-23(25)26,19-32-20-11-3-1-4-12-20)28(27)30(35)33(29)21-13-5-2-6-14-21/h1-19,26-28H/t26?,27-,28+,31?/m0/s1. The van der Waals surface area contributed by atoms with Crippen molar-refractivity contribution in [3.63, 3.8) is 0 Å². The molecule has 0 spiro atoms. The van der Waals surface area contributed by atoms with E-state index >= 15 is 0 Å². The highest BCUT2D eigenvalue weighted by Crippen LogP contribution is 2.63. The zero-order chi connectivity index (χ0) is 23.6. The Bertz CT molecular complexity index is 1460. The van der Waals surface area contributed by atoms with Crippen molar-refractivity contribution >= 4 is 29.4 Å². The van der Waals surface area contributed by atoms with Crippen LogP contribution in [-0.2, 0) is 15.0 Å². The second-order valence-electron chi connectivity index (χ2n) is 9.47. The van der Waals surface area contributed by atoms with Crippen molar-refractivity contribution in [2.75, 3.05) is 4.90 Å². The van der Waals surface area contributed by atoms with Crippen LogP contribution in [-0.4, -0.2) is 18.0 Å². The monoisotopic (exact) mass is 454 g/mol. The van der Waals surface area contributed by atoms with E-state index in [2.05, 4.69) is 24.3 Å². The van der Waals surface area contributed by atoms with Gasteiger partial charge in [-0.05, 0) is 46.5 Å². The summed E-state index contributed by atoms with van der Waals surface area (Å²) in [4.78, 5) is 34.6. The van der Waals surface area contributed by atoms with Gasteiger partial charge in [0.25, 0.3) is 0 Å². The molecule has 2 atom stereocenters. The third-order valence-corrected chi connectivity index (χ3v) is 7.87. The first-order valence-electron chi connectivity index (χ1n) is 11.9. The highest BCUT2D eigenvalue weighted by molar-refractivity contribution is 6.25. The molecule has 35 heavy (non-hydrogen) atoms. The summed E-state index contributed by atoms with van der Waals surface area (Å²) >= 11 is 0. The van der Waals surface area contributed by atoms with E-state index in [9.17, 15) is 9.59 Å². The maximum atomic E-state index is 14.2. The van der Waals surface area contributed by atoms with Crippen LogP contribution in [0.5, 0.6) is 0 Å². The average Bonchev–Trinajstić information content (AvgIpc) is 3.19. The van der Waals surface area contributed by atoms with Gasteiger partial charge in [-0.3, -0.25) is 14.6 Å². The van der Waals surface area contributed by atoms with Crippen LogP contribution >= 0.6 is 0 Å². The number of aliphatic imine (C=N–C) groups is 1. The lowest BCUT2D eigenvalue weighted by atomic mass is 9.47. The van der Waals surface area contributed by atoms with Gasteiger partial charge in [-0.15, -0.1) is 0 Å². The summed E-state index contributed by atoms with van der Waals surface area (Å²) in [5.74, 6) is -1.48. The van der Waals surface area contributed by atoms with Gasteiger partial charge >= 0.3 is 0 Å². The molecule has 4 heteroatoms. The minimum atomic E-state index is -0.835. The van der Waals surface area contributed by atoms with Gasteiger partial charge in [0.2, 0.25) is 11.8 Å². The highest BCUT2D eigenvalue weighted by Gasteiger charge is 2.67. The zero-order valence-electron chi connectivity index (χ0n) is 18.9. The second kappa shape index (κ2) is 7.34. The van der Waals surface area contributed by atoms with Gasteiger partial charge in [0.15, 0.2) is 0 Å². The molecule has 4 nitrogen and oxygen atoms in total. The Hall–Kier alpha value is -4.31. The summed E-state index contributed by atoms with van der Waals surface area (Å²) in [6.07, 6.45) is 1.94. The van der Waals surface area contributed by atoms with Crippen molar-refractivity contribution in [3.8, 4) is 0 Å². The lowest BCUT2D eigenvalue weighted by Crippen LogP contribution is -2.54. The van der Waals surface area contributed by atoms with E-state index in [4.69, 9.17) is 4.99 Å². The van der Waals surface area contributed by atoms with E-state index in [0.29, 0.717) is 5.69 Å². The van der Waals surface area contributed by atoms with Gasteiger partial charge in [0, 0.05) is 12.1 Å². The van der Waals surface area contributed by atoms with E-state index in [1.165, 1.54) is 4.90 Å². The lowest BCUT2D eigenvalue weighted by molar-refractivity contribution is -0.122. The van der Waals surface area contributed by atoms with Crippen LogP contribution < -0.4 is 4.90 Å². The van der Waals surface area contributed by atoms with Gasteiger partial charge in [-0.1, -0.05) is 84.9 Å². The minimum Gasteiger partial charge on any atom is -0.274 e. The van der Waals surface area contributed by atoms with Gasteiger partial charge in [-0.2, -0.15) is 0 Å². The summed E-state index contributed by atoms with van der Waals surface area (Å²) in [7, 11) is 0. The molecular formula is C31H22N2O2. The van der Waals surface area contributed by atoms with Crippen LogP contribution in [0.25, 0.3) is 0 Å². The van der Waals surface area contributed by atoms with E-state index in [1.54, 1.807) is 0 Å². The molecule has 0 radical (unpaired) electrons. The predicted octanol–water partition coefficient (Wildman–Crippen LogP) is 5.64. The van der Waals surface area contributed by atoms with Crippen LogP contribution in [0.2, 0.25) is 0 Å². The summed E-state index contributed by atoms with van der Waals surface area (Å²) in [6.45, 7) is 0. The van der Waals surface area contributed by atoms with E-state index in [-0.39, 0.29) is 17.7 Å². The van der Waals surface area contributed by atoms with Crippen LogP contribution in [0.3, 0.4) is 0 Å². The van der Waals surface area contributed by atoms with Crippen LogP contribution in [0.1, 0.15) is 28.2 Å². The fraction of sp³-hybridized carbons (Fsp3) is 0.129. The number of carbonyl (C=O) groups excluding carboxylic acids is 2. The minimum absolute atomic E-state index is 0.127. The molecule has 1 aliphatic heterocycles. The average molecular weight is 455 g/mol. The number of hydrogen-bond acceptors (Lipinski definition) is 3. The Morgan fingerprint density at radius 3 is 1.83 bits per heavy atom. The van der Waals surface area contributed by atoms with Crippen LogP contribution in [0, 0.1) is 11.8 Å². The molecule has 2 bridgehead atoms. The molecule has 1 saturated heterocycles. The number of hydrogen-bond donors (Lipinski definition) is 0. The SMILES string of the molecule is O=C1[C@H]2C3c4ccccc4C(C=Nc4ccccc4)(c4ccccc43)[C@H]2C(=O)N1c1ccccc1. The Kier molecular flexibility index (Phi) is 4.22. The number of amides is 2. The molecule has 0 unspecified atom stereocenters. The number of para-hydroxylation sites is 2. The first-order valence-corrected chi connectivity index (χ1v) is 11.9. The predicted molar refractivity (Wildman–Crippen MR) is 136 cm³/mol. The molecule has 4 aliphatic rings. The highest BCUT2D eigenvalue weighted by atomic mass is 16.2. The number of rotatable bonds is 3. The van der Waals surface area contributed by atoms with E-state index in [0.717, 1.165) is 27.9 Å². The Morgan fingerprint density at radius 1 is 0.657 bits per heavy atom. The first-order chi connectivity index (χ1) is 17.2. The fourth-order valence-corrected chi connectivity index (χ4v) is 6.57. The smallest absolute Gasteiger partial charge is 0.239 e. The maximum absolute atomic E-state index is 14.2. The summed E-state index contributed by atoms with van der Waals surface area (Å²) in [5, 5.41) is 0. The molecule has 3 aliphatic carbocycles. The summed E-state index contributed by atoms with van der Waals surface area (Å²) < 4.78 is 0. The van der Waals surface area contributed by atoms with E-state index < -0.39 is 17.3 Å². The normalized spacial score (nSPS) is 26.1. The number of imide groups is 1. The van der Waals surface area contributed by atoms with Crippen molar-refractivity contribution < 1.29 is 9.59 Å². The molecule has 1 heterocycles. The molecule has 0 aromatic heterocycles. The molecular weight excluding hydrogens is 432 g/mol. The third kappa shape index (κ3) is 2.59. The molecule has 1 fully saturated rings. The Morgan fingerprint density at radius 2 is 1.20 bits per heavy atom. The van der Waals surface area contributed by atoms with Crippen LogP contribution in [0.4, 0.5) is 11.4 Å². The van der Waals surface area contributed by atoms with Gasteiger partial charge < -0.3 is 0 Å². The number of nitrogens with zero attached hydrogens (tertiary/aromatic N) is 2. The van der Waals surface area contributed by atoms with Crippen molar-refractivity contribution in [2.45, 2.75) is 11.3 Å². The van der Waals surface area contributed by atoms with Gasteiger partial charge in [-0.25, -0.2) is 4.90 Å². The molecule has 168 valence electrons. The van der Waals surface area contributed by atoms with Crippen molar-refractivity contribution in [3.05, 3.63) is 131 Å². The largest absolute Gasteiger partial charge is 0.274 e. The lowest BCUT2D eigenvalue weighted by Gasteiger charge is -2.52.